The van der Waals surface area contributed by atoms with Crippen molar-refractivity contribution in [3.05, 3.63) is 64.5 Å². The molecule has 0 saturated heterocycles. The van der Waals surface area contributed by atoms with E-state index in [-0.39, 0.29) is 24.6 Å². The highest BCUT2D eigenvalue weighted by Crippen LogP contribution is 2.35. The fourth-order valence-electron chi connectivity index (χ4n) is 3.44. The Hall–Kier alpha value is -2.82. The van der Waals surface area contributed by atoms with E-state index < -0.39 is 6.10 Å². The Labute approximate surface area is 145 Å². The van der Waals surface area contributed by atoms with Crippen LogP contribution in [0.5, 0.6) is 0 Å². The van der Waals surface area contributed by atoms with Gasteiger partial charge in [0.25, 0.3) is 0 Å². The number of cyclic esters (lactones) is 1. The lowest BCUT2D eigenvalue weighted by atomic mass is 9.88. The minimum Gasteiger partial charge on any atom is -0.457 e. The predicted octanol–water partition coefficient (Wildman–Crippen LogP) is 2.94. The molecular formula is C20H18N2O3. The zero-order valence-corrected chi connectivity index (χ0v) is 14.0. The van der Waals surface area contributed by atoms with E-state index in [2.05, 4.69) is 16.0 Å². The number of fused-ring (bicyclic) bond motifs is 2. The number of rotatable bonds is 4. The number of carbonyl (C=O) groups excluding carboxylic acids is 2. The van der Waals surface area contributed by atoms with Gasteiger partial charge in [-0.2, -0.15) is 0 Å². The average molecular weight is 334 g/mol. The molecule has 2 aliphatic heterocycles. The third-order valence-corrected chi connectivity index (χ3v) is 4.74. The van der Waals surface area contributed by atoms with Gasteiger partial charge in [-0.1, -0.05) is 13.0 Å². The largest absolute Gasteiger partial charge is 0.457 e. The zero-order chi connectivity index (χ0) is 17.4. The molecular weight excluding hydrogens is 316 g/mol. The maximum atomic E-state index is 11.9. The first kappa shape index (κ1) is 15.7. The maximum absolute atomic E-state index is 11.9. The topological polar surface area (TPSA) is 68.6 Å². The first-order valence-corrected chi connectivity index (χ1v) is 8.47. The van der Waals surface area contributed by atoms with Crippen LogP contribution in [0.15, 0.2) is 41.7 Å². The number of esters is 1. The molecule has 0 spiro atoms. The number of pyridine rings is 1. The Morgan fingerprint density at radius 2 is 2.04 bits per heavy atom. The molecule has 0 N–H and O–H groups in total. The molecule has 2 aromatic rings. The molecule has 5 nitrogen and oxygen atoms in total. The molecule has 1 aromatic carbocycles. The van der Waals surface area contributed by atoms with Gasteiger partial charge < -0.3 is 4.74 Å². The van der Waals surface area contributed by atoms with Crippen LogP contribution in [0.3, 0.4) is 0 Å². The number of carbonyl (C=O) groups is 2. The van der Waals surface area contributed by atoms with E-state index in [1.165, 1.54) is 0 Å². The van der Waals surface area contributed by atoms with Crippen molar-refractivity contribution in [3.8, 4) is 0 Å². The summed E-state index contributed by atoms with van der Waals surface area (Å²) in [6, 6.07) is 7.97. The summed E-state index contributed by atoms with van der Waals surface area (Å²) < 4.78 is 5.48. The minimum atomic E-state index is -0.492. The molecule has 4 rings (SSSR count). The number of ether oxygens (including phenoxy) is 1. The van der Waals surface area contributed by atoms with E-state index >= 15 is 0 Å². The fraction of sp³-hybridized carbons (Fsp3) is 0.300. The highest BCUT2D eigenvalue weighted by Gasteiger charge is 2.31. The summed E-state index contributed by atoms with van der Waals surface area (Å²) in [7, 11) is 0. The summed E-state index contributed by atoms with van der Waals surface area (Å²) in [4.78, 5) is 32.5. The number of benzene rings is 1. The van der Waals surface area contributed by atoms with E-state index in [0.717, 1.165) is 33.5 Å². The Balaban J connectivity index is 1.76. The molecule has 0 radical (unpaired) electrons. The average Bonchev–Trinajstić information content (AvgIpc) is 3.03. The highest BCUT2D eigenvalue weighted by atomic mass is 16.5. The Morgan fingerprint density at radius 1 is 1.24 bits per heavy atom. The van der Waals surface area contributed by atoms with Gasteiger partial charge >= 0.3 is 5.97 Å². The molecule has 1 aromatic heterocycles. The van der Waals surface area contributed by atoms with E-state index in [1.807, 2.05) is 25.1 Å². The molecule has 2 aliphatic rings. The first-order valence-electron chi connectivity index (χ1n) is 8.47. The van der Waals surface area contributed by atoms with Gasteiger partial charge in [-0.15, -0.1) is 0 Å². The van der Waals surface area contributed by atoms with E-state index in [1.54, 1.807) is 12.4 Å². The van der Waals surface area contributed by atoms with Gasteiger partial charge in [0, 0.05) is 36.4 Å². The normalized spacial score (nSPS) is 18.2. The number of Topliss-reactive ketones (excluding diaryl/α,β-unsaturated/α-hetero) is 1. The SMILES string of the molecule is CCC(=O)CC1OC(=O)Cc2cc3c(cc21)C(c1ccncc1)=NC3. The van der Waals surface area contributed by atoms with Crippen molar-refractivity contribution >= 4 is 17.5 Å². The summed E-state index contributed by atoms with van der Waals surface area (Å²) in [6.45, 7) is 2.43. The van der Waals surface area contributed by atoms with Crippen LogP contribution in [0.2, 0.25) is 0 Å². The molecule has 3 heterocycles. The third kappa shape index (κ3) is 2.86. The van der Waals surface area contributed by atoms with Crippen molar-refractivity contribution in [2.75, 3.05) is 0 Å². The molecule has 1 unspecified atom stereocenters. The second-order valence-corrected chi connectivity index (χ2v) is 6.36. The van der Waals surface area contributed by atoms with Crippen LogP contribution in [0, 0.1) is 0 Å². The minimum absolute atomic E-state index is 0.0918. The molecule has 0 bridgehead atoms. The Bertz CT molecular complexity index is 887. The molecule has 126 valence electrons. The van der Waals surface area contributed by atoms with Crippen molar-refractivity contribution < 1.29 is 14.3 Å². The third-order valence-electron chi connectivity index (χ3n) is 4.74. The van der Waals surface area contributed by atoms with E-state index in [0.29, 0.717) is 13.0 Å². The summed E-state index contributed by atoms with van der Waals surface area (Å²) >= 11 is 0. The maximum Gasteiger partial charge on any atom is 0.310 e. The lowest BCUT2D eigenvalue weighted by molar-refractivity contribution is -0.151. The fourth-order valence-corrected chi connectivity index (χ4v) is 3.44. The van der Waals surface area contributed by atoms with Crippen LogP contribution < -0.4 is 0 Å². The van der Waals surface area contributed by atoms with Crippen molar-refractivity contribution in [1.82, 2.24) is 4.98 Å². The molecule has 5 heteroatoms. The summed E-state index contributed by atoms with van der Waals surface area (Å²) in [6.07, 6.45) is 3.93. The number of aliphatic imine (C=N–C) groups is 1. The zero-order valence-electron chi connectivity index (χ0n) is 14.0. The quantitative estimate of drug-likeness (QED) is 0.806. The van der Waals surface area contributed by atoms with Crippen LogP contribution in [-0.2, 0) is 27.3 Å². The van der Waals surface area contributed by atoms with Gasteiger partial charge in [0.2, 0.25) is 0 Å². The molecule has 0 aliphatic carbocycles. The molecule has 0 amide bonds. The van der Waals surface area contributed by atoms with Gasteiger partial charge in [-0.05, 0) is 34.9 Å². The molecule has 0 saturated carbocycles. The summed E-state index contributed by atoms with van der Waals surface area (Å²) in [5.41, 5.74) is 6.00. The van der Waals surface area contributed by atoms with E-state index in [9.17, 15) is 9.59 Å². The molecule has 0 fully saturated rings. The Morgan fingerprint density at radius 3 is 2.80 bits per heavy atom. The van der Waals surface area contributed by atoms with Gasteiger partial charge in [0.05, 0.1) is 18.7 Å². The second-order valence-electron chi connectivity index (χ2n) is 6.36. The van der Waals surface area contributed by atoms with Crippen molar-refractivity contribution in [3.63, 3.8) is 0 Å². The number of hydrogen-bond acceptors (Lipinski definition) is 5. The number of hydrogen-bond donors (Lipinski definition) is 0. The summed E-state index contributed by atoms with van der Waals surface area (Å²) in [5, 5.41) is 0. The lowest BCUT2D eigenvalue weighted by Gasteiger charge is -2.26. The van der Waals surface area contributed by atoms with Crippen LogP contribution >= 0.6 is 0 Å². The van der Waals surface area contributed by atoms with Gasteiger partial charge in [0.1, 0.15) is 11.9 Å². The standard InChI is InChI=1S/C20H18N2O3/c1-2-15(23)9-18-16-10-17-14(7-13(16)8-19(24)25-18)11-22-20(17)12-3-5-21-6-4-12/h3-7,10,18H,2,8-9,11H2,1H3. The van der Waals surface area contributed by atoms with Gasteiger partial charge in [-0.3, -0.25) is 19.6 Å². The predicted molar refractivity (Wildman–Crippen MR) is 92.5 cm³/mol. The second kappa shape index (κ2) is 6.24. The van der Waals surface area contributed by atoms with Crippen molar-refractivity contribution in [2.45, 2.75) is 38.8 Å². The van der Waals surface area contributed by atoms with Crippen LogP contribution in [0.4, 0.5) is 0 Å². The van der Waals surface area contributed by atoms with Crippen molar-refractivity contribution in [1.29, 1.82) is 0 Å². The summed E-state index contributed by atoms with van der Waals surface area (Å²) in [5.74, 6) is -0.177. The van der Waals surface area contributed by atoms with Crippen LogP contribution in [0.1, 0.15) is 53.7 Å². The Kier molecular flexibility index (Phi) is 3.92. The van der Waals surface area contributed by atoms with E-state index in [4.69, 9.17) is 4.74 Å². The van der Waals surface area contributed by atoms with Crippen molar-refractivity contribution in [2.24, 2.45) is 4.99 Å². The number of aromatic nitrogens is 1. The smallest absolute Gasteiger partial charge is 0.310 e. The van der Waals surface area contributed by atoms with Crippen LogP contribution in [0.25, 0.3) is 0 Å². The van der Waals surface area contributed by atoms with Crippen LogP contribution in [-0.4, -0.2) is 22.4 Å². The lowest BCUT2D eigenvalue weighted by Crippen LogP contribution is -2.24. The number of ketones is 1. The molecule has 1 atom stereocenters. The van der Waals surface area contributed by atoms with Gasteiger partial charge in [0.15, 0.2) is 0 Å². The number of nitrogens with zero attached hydrogens (tertiary/aromatic N) is 2. The monoisotopic (exact) mass is 334 g/mol. The first-order chi connectivity index (χ1) is 12.2. The molecule has 25 heavy (non-hydrogen) atoms. The highest BCUT2D eigenvalue weighted by molar-refractivity contribution is 6.15. The van der Waals surface area contributed by atoms with Gasteiger partial charge in [-0.25, -0.2) is 0 Å².